The van der Waals surface area contributed by atoms with Gasteiger partial charge < -0.3 is 15.3 Å². The fourth-order valence-electron chi connectivity index (χ4n) is 3.25. The number of aliphatic hydroxyl groups excluding tert-OH is 1. The van der Waals surface area contributed by atoms with E-state index < -0.39 is 0 Å². The van der Waals surface area contributed by atoms with Crippen LogP contribution >= 0.6 is 0 Å². The van der Waals surface area contributed by atoms with Crippen molar-refractivity contribution < 1.29 is 14.3 Å². The zero-order chi connectivity index (χ0) is 19.2. The van der Waals surface area contributed by atoms with Crippen molar-refractivity contribution in [2.75, 3.05) is 6.61 Å². The number of carbonyl (C=O) groups is 1. The normalized spacial score (nSPS) is 12.4. The first-order chi connectivity index (χ1) is 13.1. The number of aryl methyl sites for hydroxylation is 1. The van der Waals surface area contributed by atoms with Gasteiger partial charge in [-0.05, 0) is 48.6 Å². The SMILES string of the molecule is CCCCCc1ccc(C(=O)c2cc3cc(C(N)CCO)ccc3o2)cc1. The van der Waals surface area contributed by atoms with Crippen molar-refractivity contribution in [2.45, 2.75) is 45.1 Å². The lowest BCUT2D eigenvalue weighted by Crippen LogP contribution is -2.11. The van der Waals surface area contributed by atoms with Crippen molar-refractivity contribution >= 4 is 16.8 Å². The van der Waals surface area contributed by atoms with Crippen molar-refractivity contribution in [2.24, 2.45) is 5.73 Å². The molecule has 0 fully saturated rings. The Balaban J connectivity index is 1.77. The Morgan fingerprint density at radius 2 is 1.89 bits per heavy atom. The van der Waals surface area contributed by atoms with E-state index in [9.17, 15) is 4.79 Å². The number of carbonyl (C=O) groups excluding carboxylic acids is 1. The molecule has 0 spiro atoms. The Kier molecular flexibility index (Phi) is 6.43. The highest BCUT2D eigenvalue weighted by molar-refractivity contribution is 6.09. The molecule has 1 unspecified atom stereocenters. The van der Waals surface area contributed by atoms with Crippen molar-refractivity contribution in [3.8, 4) is 0 Å². The van der Waals surface area contributed by atoms with Crippen LogP contribution in [0.5, 0.6) is 0 Å². The second-order valence-corrected chi connectivity index (χ2v) is 7.01. The van der Waals surface area contributed by atoms with Gasteiger partial charge in [0.1, 0.15) is 5.58 Å². The number of rotatable bonds is 9. The summed E-state index contributed by atoms with van der Waals surface area (Å²) in [6.07, 6.45) is 5.15. The molecule has 0 amide bonds. The summed E-state index contributed by atoms with van der Waals surface area (Å²) >= 11 is 0. The number of benzene rings is 2. The topological polar surface area (TPSA) is 76.5 Å². The summed E-state index contributed by atoms with van der Waals surface area (Å²) < 4.78 is 5.75. The number of furan rings is 1. The maximum absolute atomic E-state index is 12.8. The second-order valence-electron chi connectivity index (χ2n) is 7.01. The molecular formula is C23H27NO3. The predicted molar refractivity (Wildman–Crippen MR) is 108 cm³/mol. The lowest BCUT2D eigenvalue weighted by Gasteiger charge is -2.09. The fourth-order valence-corrected chi connectivity index (χ4v) is 3.25. The molecule has 27 heavy (non-hydrogen) atoms. The van der Waals surface area contributed by atoms with E-state index >= 15 is 0 Å². The summed E-state index contributed by atoms with van der Waals surface area (Å²) in [5.74, 6) is 0.212. The molecule has 0 bridgehead atoms. The van der Waals surface area contributed by atoms with Crippen LogP contribution in [0.3, 0.4) is 0 Å². The summed E-state index contributed by atoms with van der Waals surface area (Å²) in [5.41, 5.74) is 9.53. The molecule has 0 aliphatic heterocycles. The summed E-state index contributed by atoms with van der Waals surface area (Å²) in [4.78, 5) is 12.8. The van der Waals surface area contributed by atoms with E-state index in [1.807, 2.05) is 42.5 Å². The van der Waals surface area contributed by atoms with Gasteiger partial charge in [0.05, 0.1) is 0 Å². The molecular weight excluding hydrogens is 338 g/mol. The number of unbranched alkanes of at least 4 members (excludes halogenated alkanes) is 2. The maximum Gasteiger partial charge on any atom is 0.228 e. The largest absolute Gasteiger partial charge is 0.453 e. The van der Waals surface area contributed by atoms with Crippen LogP contribution in [-0.4, -0.2) is 17.5 Å². The number of hydrogen-bond donors (Lipinski definition) is 2. The van der Waals surface area contributed by atoms with Gasteiger partial charge in [0.2, 0.25) is 5.78 Å². The number of fused-ring (bicyclic) bond motifs is 1. The minimum Gasteiger partial charge on any atom is -0.453 e. The van der Waals surface area contributed by atoms with E-state index in [0.29, 0.717) is 23.3 Å². The first-order valence-electron chi connectivity index (χ1n) is 9.66. The highest BCUT2D eigenvalue weighted by atomic mass is 16.3. The minimum atomic E-state index is -0.228. The number of aliphatic hydroxyl groups is 1. The van der Waals surface area contributed by atoms with Crippen molar-refractivity contribution in [1.29, 1.82) is 0 Å². The average Bonchev–Trinajstić information content (AvgIpc) is 3.11. The molecule has 4 heteroatoms. The van der Waals surface area contributed by atoms with Crippen LogP contribution in [0.25, 0.3) is 11.0 Å². The molecule has 0 aliphatic rings. The third kappa shape index (κ3) is 4.65. The minimum absolute atomic E-state index is 0.0444. The number of hydrogen-bond acceptors (Lipinski definition) is 4. The Morgan fingerprint density at radius 1 is 1.11 bits per heavy atom. The Labute approximate surface area is 160 Å². The number of nitrogens with two attached hydrogens (primary N) is 1. The third-order valence-corrected chi connectivity index (χ3v) is 4.92. The van der Waals surface area contributed by atoms with Gasteiger partial charge in [-0.15, -0.1) is 0 Å². The molecule has 142 valence electrons. The highest BCUT2D eigenvalue weighted by Gasteiger charge is 2.16. The molecule has 3 rings (SSSR count). The van der Waals surface area contributed by atoms with Gasteiger partial charge in [0.15, 0.2) is 5.76 Å². The Hall–Kier alpha value is -2.43. The first kappa shape index (κ1) is 19.3. The van der Waals surface area contributed by atoms with Crippen LogP contribution in [0.2, 0.25) is 0 Å². The third-order valence-electron chi connectivity index (χ3n) is 4.92. The second kappa shape index (κ2) is 8.98. The molecule has 1 atom stereocenters. The van der Waals surface area contributed by atoms with Crippen LogP contribution in [0, 0.1) is 0 Å². The highest BCUT2D eigenvalue weighted by Crippen LogP contribution is 2.25. The van der Waals surface area contributed by atoms with Gasteiger partial charge in [-0.2, -0.15) is 0 Å². The lowest BCUT2D eigenvalue weighted by atomic mass is 10.0. The summed E-state index contributed by atoms with van der Waals surface area (Å²) in [6, 6.07) is 15.0. The van der Waals surface area contributed by atoms with Gasteiger partial charge in [0.25, 0.3) is 0 Å². The molecule has 0 saturated heterocycles. The predicted octanol–water partition coefficient (Wildman–Crippen LogP) is 4.78. The summed E-state index contributed by atoms with van der Waals surface area (Å²) in [7, 11) is 0. The summed E-state index contributed by atoms with van der Waals surface area (Å²) in [6.45, 7) is 2.24. The Bertz CT molecular complexity index is 896. The van der Waals surface area contributed by atoms with Gasteiger partial charge in [0, 0.05) is 23.6 Å². The smallest absolute Gasteiger partial charge is 0.228 e. The Morgan fingerprint density at radius 3 is 2.59 bits per heavy atom. The molecule has 1 heterocycles. The molecule has 0 radical (unpaired) electrons. The van der Waals surface area contributed by atoms with E-state index in [2.05, 4.69) is 6.92 Å². The van der Waals surface area contributed by atoms with Crippen LogP contribution in [0.4, 0.5) is 0 Å². The quantitative estimate of drug-likeness (QED) is 0.423. The van der Waals surface area contributed by atoms with Gasteiger partial charge in [-0.25, -0.2) is 0 Å². The van der Waals surface area contributed by atoms with E-state index in [0.717, 1.165) is 17.4 Å². The molecule has 0 saturated carbocycles. The van der Waals surface area contributed by atoms with Crippen molar-refractivity contribution in [3.63, 3.8) is 0 Å². The van der Waals surface area contributed by atoms with Crippen LogP contribution in [0.1, 0.15) is 65.9 Å². The van der Waals surface area contributed by atoms with Crippen molar-refractivity contribution in [3.05, 3.63) is 71.0 Å². The standard InChI is InChI=1S/C23H27NO3/c1-2-3-4-5-16-6-8-17(9-7-16)23(26)22-15-19-14-18(20(24)12-13-25)10-11-21(19)27-22/h6-11,14-15,20,25H,2-5,12-13,24H2,1H3. The zero-order valence-electron chi connectivity index (χ0n) is 15.8. The summed E-state index contributed by atoms with van der Waals surface area (Å²) in [5, 5.41) is 9.90. The van der Waals surface area contributed by atoms with Crippen LogP contribution in [0.15, 0.2) is 52.9 Å². The van der Waals surface area contributed by atoms with E-state index in [1.165, 1.54) is 24.8 Å². The van der Waals surface area contributed by atoms with Gasteiger partial charge in [-0.1, -0.05) is 50.1 Å². The van der Waals surface area contributed by atoms with Gasteiger partial charge in [-0.3, -0.25) is 4.79 Å². The lowest BCUT2D eigenvalue weighted by molar-refractivity contribution is 0.101. The molecule has 0 aliphatic carbocycles. The molecule has 3 aromatic rings. The molecule has 4 nitrogen and oxygen atoms in total. The van der Waals surface area contributed by atoms with Crippen molar-refractivity contribution in [1.82, 2.24) is 0 Å². The van der Waals surface area contributed by atoms with Gasteiger partial charge >= 0.3 is 0 Å². The monoisotopic (exact) mass is 365 g/mol. The van der Waals surface area contributed by atoms with Crippen LogP contribution in [-0.2, 0) is 6.42 Å². The van der Waals surface area contributed by atoms with E-state index in [-0.39, 0.29) is 18.4 Å². The van der Waals surface area contributed by atoms with Crippen LogP contribution < -0.4 is 5.73 Å². The zero-order valence-corrected chi connectivity index (χ0v) is 15.8. The first-order valence-corrected chi connectivity index (χ1v) is 9.66. The number of ketones is 1. The average molecular weight is 365 g/mol. The van der Waals surface area contributed by atoms with E-state index in [4.69, 9.17) is 15.3 Å². The maximum atomic E-state index is 12.8. The molecule has 2 aromatic carbocycles. The molecule has 3 N–H and O–H groups in total. The fraction of sp³-hybridized carbons (Fsp3) is 0.348. The van der Waals surface area contributed by atoms with E-state index in [1.54, 1.807) is 6.07 Å². The molecule has 1 aromatic heterocycles.